The van der Waals surface area contributed by atoms with Crippen LogP contribution in [0.15, 0.2) is 42.0 Å². The Morgan fingerprint density at radius 3 is 2.60 bits per heavy atom. The number of allylic oxidation sites excluding steroid dienone is 2. The van der Waals surface area contributed by atoms with Crippen molar-refractivity contribution in [2.75, 3.05) is 0 Å². The van der Waals surface area contributed by atoms with Crippen molar-refractivity contribution in [3.63, 3.8) is 0 Å². The summed E-state index contributed by atoms with van der Waals surface area (Å²) in [5.41, 5.74) is 3.08. The second kappa shape index (κ2) is 8.82. The molecule has 2 aromatic carbocycles. The van der Waals surface area contributed by atoms with Crippen molar-refractivity contribution in [2.24, 2.45) is 0 Å². The molecule has 0 saturated heterocycles. The van der Waals surface area contributed by atoms with Crippen LogP contribution in [0.25, 0.3) is 0 Å². The fourth-order valence-corrected chi connectivity index (χ4v) is 3.95. The third-order valence-electron chi connectivity index (χ3n) is 5.72. The topological polar surface area (TPSA) is 87.0 Å². The van der Waals surface area contributed by atoms with Gasteiger partial charge in [-0.3, -0.25) is 4.79 Å². The lowest BCUT2D eigenvalue weighted by Crippen LogP contribution is -2.36. The van der Waals surface area contributed by atoms with E-state index < -0.39 is 0 Å². The Hall–Kier alpha value is -2.95. The molecule has 5 heteroatoms. The molecule has 0 radical (unpaired) electrons. The first kappa shape index (κ1) is 21.8. The van der Waals surface area contributed by atoms with Gasteiger partial charge < -0.3 is 20.1 Å². The Morgan fingerprint density at radius 1 is 1.13 bits per heavy atom. The normalized spacial score (nSPS) is 17.7. The molecule has 0 amide bonds. The first-order chi connectivity index (χ1) is 14.2. The monoisotopic (exact) mass is 410 g/mol. The molecular weight excluding hydrogens is 380 g/mol. The van der Waals surface area contributed by atoms with E-state index in [2.05, 4.69) is 26.8 Å². The van der Waals surface area contributed by atoms with E-state index in [-0.39, 0.29) is 40.6 Å². The number of fused-ring (bicyclic) bond motifs is 1. The highest BCUT2D eigenvalue weighted by Crippen LogP contribution is 2.43. The van der Waals surface area contributed by atoms with Gasteiger partial charge in [0.1, 0.15) is 17.1 Å². The lowest BCUT2D eigenvalue weighted by atomic mass is 9.85. The number of phenols is 3. The minimum Gasteiger partial charge on any atom is -0.508 e. The Labute approximate surface area is 177 Å². The fraction of sp³-hybridized carbons (Fsp3) is 0.400. The molecule has 0 saturated carbocycles. The number of aromatic hydroxyl groups is 3. The number of Topliss-reactive ketones (excluding diaryl/α,β-unsaturated/α-hetero) is 1. The van der Waals surface area contributed by atoms with Crippen LogP contribution >= 0.6 is 0 Å². The minimum absolute atomic E-state index is 0.0820. The quantitative estimate of drug-likeness (QED) is 0.417. The number of ketones is 1. The van der Waals surface area contributed by atoms with Crippen molar-refractivity contribution in [2.45, 2.75) is 64.9 Å². The maximum atomic E-state index is 12.5. The molecule has 0 fully saturated rings. The molecule has 3 rings (SSSR count). The van der Waals surface area contributed by atoms with Gasteiger partial charge in [0.25, 0.3) is 0 Å². The van der Waals surface area contributed by atoms with Crippen LogP contribution in [0, 0.1) is 0 Å². The molecule has 5 nitrogen and oxygen atoms in total. The second-order valence-corrected chi connectivity index (χ2v) is 8.55. The smallest absolute Gasteiger partial charge is 0.166 e. The average molecular weight is 411 g/mol. The van der Waals surface area contributed by atoms with E-state index in [4.69, 9.17) is 4.74 Å². The Bertz CT molecular complexity index is 972. The summed E-state index contributed by atoms with van der Waals surface area (Å²) in [5.74, 6) is 0.157. The number of benzene rings is 2. The van der Waals surface area contributed by atoms with Gasteiger partial charge in [-0.15, -0.1) is 0 Å². The van der Waals surface area contributed by atoms with Crippen molar-refractivity contribution >= 4 is 5.78 Å². The van der Waals surface area contributed by atoms with Crippen LogP contribution in [0.5, 0.6) is 23.0 Å². The Kier molecular flexibility index (Phi) is 6.40. The predicted octanol–water partition coefficient (Wildman–Crippen LogP) is 5.45. The van der Waals surface area contributed by atoms with Crippen LogP contribution in [0.4, 0.5) is 0 Å². The van der Waals surface area contributed by atoms with Crippen LogP contribution in [0.1, 0.15) is 67.9 Å². The SMILES string of the molecule is CC(C)=CCCC1(C)CCc2c(CCC(=O)c3ccc(O)cc3O)ccc(O)c2O1. The van der Waals surface area contributed by atoms with Gasteiger partial charge in [0, 0.05) is 18.1 Å². The zero-order valence-corrected chi connectivity index (χ0v) is 17.9. The lowest BCUT2D eigenvalue weighted by Gasteiger charge is -2.37. The number of rotatable bonds is 7. The van der Waals surface area contributed by atoms with E-state index in [0.29, 0.717) is 12.2 Å². The molecule has 1 aliphatic rings. The lowest BCUT2D eigenvalue weighted by molar-refractivity contribution is 0.0535. The van der Waals surface area contributed by atoms with Crippen LogP contribution in [0.2, 0.25) is 0 Å². The molecule has 2 aromatic rings. The van der Waals surface area contributed by atoms with E-state index >= 15 is 0 Å². The summed E-state index contributed by atoms with van der Waals surface area (Å²) in [6.45, 7) is 6.24. The molecule has 1 aliphatic heterocycles. The fourth-order valence-electron chi connectivity index (χ4n) is 3.95. The number of phenolic OH excluding ortho intramolecular Hbond substituents is 3. The number of aryl methyl sites for hydroxylation is 1. The third kappa shape index (κ3) is 4.96. The van der Waals surface area contributed by atoms with Gasteiger partial charge in [-0.1, -0.05) is 17.7 Å². The minimum atomic E-state index is -0.331. The van der Waals surface area contributed by atoms with E-state index in [1.165, 1.54) is 23.8 Å². The summed E-state index contributed by atoms with van der Waals surface area (Å²) in [6, 6.07) is 7.45. The largest absolute Gasteiger partial charge is 0.508 e. The molecule has 1 atom stereocenters. The molecule has 3 N–H and O–H groups in total. The standard InChI is InChI=1S/C25H30O5/c1-16(2)5-4-13-25(3)14-12-19-17(7-11-22(28)24(19)30-25)6-10-21(27)20-9-8-18(26)15-23(20)29/h5,7-9,11,15,26,28-29H,4,6,10,12-14H2,1-3H3. The van der Waals surface area contributed by atoms with Crippen LogP contribution < -0.4 is 4.74 Å². The summed E-state index contributed by atoms with van der Waals surface area (Å²) < 4.78 is 6.26. The summed E-state index contributed by atoms with van der Waals surface area (Å²) in [5, 5.41) is 29.7. The molecule has 160 valence electrons. The first-order valence-corrected chi connectivity index (χ1v) is 10.4. The number of hydrogen-bond donors (Lipinski definition) is 3. The highest BCUT2D eigenvalue weighted by molar-refractivity contribution is 5.98. The molecule has 1 unspecified atom stereocenters. The first-order valence-electron chi connectivity index (χ1n) is 10.4. The predicted molar refractivity (Wildman–Crippen MR) is 117 cm³/mol. The van der Waals surface area contributed by atoms with Crippen molar-refractivity contribution in [3.05, 3.63) is 58.7 Å². The summed E-state index contributed by atoms with van der Waals surface area (Å²) >= 11 is 0. The number of carbonyl (C=O) groups excluding carboxylic acids is 1. The van der Waals surface area contributed by atoms with Crippen LogP contribution in [-0.2, 0) is 12.8 Å². The van der Waals surface area contributed by atoms with Gasteiger partial charge in [-0.05, 0) is 76.6 Å². The Morgan fingerprint density at radius 2 is 1.90 bits per heavy atom. The van der Waals surface area contributed by atoms with Gasteiger partial charge in [0.05, 0.1) is 5.56 Å². The van der Waals surface area contributed by atoms with E-state index in [9.17, 15) is 20.1 Å². The van der Waals surface area contributed by atoms with E-state index in [1.807, 2.05) is 6.07 Å². The zero-order valence-electron chi connectivity index (χ0n) is 17.9. The molecular formula is C25H30O5. The third-order valence-corrected chi connectivity index (χ3v) is 5.72. The van der Waals surface area contributed by atoms with Crippen molar-refractivity contribution in [1.82, 2.24) is 0 Å². The van der Waals surface area contributed by atoms with E-state index in [0.717, 1.165) is 36.8 Å². The van der Waals surface area contributed by atoms with Crippen molar-refractivity contribution in [3.8, 4) is 23.0 Å². The maximum Gasteiger partial charge on any atom is 0.166 e. The van der Waals surface area contributed by atoms with Gasteiger partial charge in [-0.25, -0.2) is 0 Å². The highest BCUT2D eigenvalue weighted by atomic mass is 16.5. The summed E-state index contributed by atoms with van der Waals surface area (Å²) in [6.07, 6.45) is 6.33. The van der Waals surface area contributed by atoms with Gasteiger partial charge in [-0.2, -0.15) is 0 Å². The highest BCUT2D eigenvalue weighted by Gasteiger charge is 2.33. The van der Waals surface area contributed by atoms with Gasteiger partial charge >= 0.3 is 0 Å². The summed E-state index contributed by atoms with van der Waals surface area (Å²) in [7, 11) is 0. The summed E-state index contributed by atoms with van der Waals surface area (Å²) in [4.78, 5) is 12.5. The number of hydrogen-bond acceptors (Lipinski definition) is 5. The molecule has 1 heterocycles. The zero-order chi connectivity index (χ0) is 21.9. The maximum absolute atomic E-state index is 12.5. The molecule has 0 bridgehead atoms. The van der Waals surface area contributed by atoms with Crippen molar-refractivity contribution < 1.29 is 24.9 Å². The van der Waals surface area contributed by atoms with Crippen molar-refractivity contribution in [1.29, 1.82) is 0 Å². The van der Waals surface area contributed by atoms with Crippen LogP contribution in [-0.4, -0.2) is 26.7 Å². The van der Waals surface area contributed by atoms with Crippen LogP contribution in [0.3, 0.4) is 0 Å². The molecule has 0 aromatic heterocycles. The molecule has 30 heavy (non-hydrogen) atoms. The Balaban J connectivity index is 1.74. The van der Waals surface area contributed by atoms with Gasteiger partial charge in [0.15, 0.2) is 17.3 Å². The second-order valence-electron chi connectivity index (χ2n) is 8.55. The number of carbonyl (C=O) groups is 1. The van der Waals surface area contributed by atoms with Gasteiger partial charge in [0.2, 0.25) is 0 Å². The van der Waals surface area contributed by atoms with E-state index in [1.54, 1.807) is 6.07 Å². The average Bonchev–Trinajstić information content (AvgIpc) is 2.67. The molecule has 0 aliphatic carbocycles. The molecule has 0 spiro atoms. The number of ether oxygens (including phenoxy) is 1.